The molecule has 0 unspecified atom stereocenters. The van der Waals surface area contributed by atoms with Gasteiger partial charge in [0.25, 0.3) is 0 Å². The van der Waals surface area contributed by atoms with Crippen LogP contribution in [0.4, 0.5) is 5.13 Å². The lowest BCUT2D eigenvalue weighted by Crippen LogP contribution is -2.19. The van der Waals surface area contributed by atoms with Crippen molar-refractivity contribution in [1.29, 1.82) is 0 Å². The minimum Gasteiger partial charge on any atom is -0.486 e. The monoisotopic (exact) mass is 291 g/mol. The summed E-state index contributed by atoms with van der Waals surface area (Å²) < 4.78 is 5.57. The number of carbonyl (C=O) groups is 1. The predicted octanol–water partition coefficient (Wildman–Crippen LogP) is 3.10. The first-order valence-corrected chi connectivity index (χ1v) is 7.31. The van der Waals surface area contributed by atoms with Crippen LogP contribution in [0.25, 0.3) is 0 Å². The first kappa shape index (κ1) is 14.5. The van der Waals surface area contributed by atoms with E-state index in [1.165, 1.54) is 11.3 Å². The number of hydrogen-bond donors (Lipinski definition) is 1. The number of nitrogens with zero attached hydrogens (tertiary/aromatic N) is 2. The highest BCUT2D eigenvalue weighted by Gasteiger charge is 2.13. The van der Waals surface area contributed by atoms with Gasteiger partial charge in [0, 0.05) is 5.92 Å². The van der Waals surface area contributed by atoms with Gasteiger partial charge in [0.1, 0.15) is 12.4 Å². The number of rotatable bonds is 6. The van der Waals surface area contributed by atoms with E-state index in [9.17, 15) is 4.79 Å². The number of carbonyl (C=O) groups excluding carboxylic acids is 1. The maximum atomic E-state index is 11.7. The minimum atomic E-state index is -0.0285. The van der Waals surface area contributed by atoms with Crippen molar-refractivity contribution in [2.45, 2.75) is 26.9 Å². The molecule has 0 aliphatic heterocycles. The molecule has 1 N–H and O–H groups in total. The summed E-state index contributed by atoms with van der Waals surface area (Å²) in [5.74, 6) is 0.731. The highest BCUT2D eigenvalue weighted by Crippen LogP contribution is 2.18. The van der Waals surface area contributed by atoms with Crippen molar-refractivity contribution in [3.05, 3.63) is 35.3 Å². The number of para-hydroxylation sites is 1. The van der Waals surface area contributed by atoms with E-state index < -0.39 is 0 Å². The van der Waals surface area contributed by atoms with Crippen LogP contribution in [0.1, 0.15) is 25.3 Å². The van der Waals surface area contributed by atoms with E-state index in [2.05, 4.69) is 15.5 Å². The van der Waals surface area contributed by atoms with Crippen molar-refractivity contribution in [3.63, 3.8) is 0 Å². The normalized spacial score (nSPS) is 11.9. The van der Waals surface area contributed by atoms with Crippen LogP contribution in [0.2, 0.25) is 0 Å². The summed E-state index contributed by atoms with van der Waals surface area (Å²) >= 11 is 1.33. The third kappa shape index (κ3) is 4.03. The van der Waals surface area contributed by atoms with Gasteiger partial charge in [0.15, 0.2) is 5.01 Å². The van der Waals surface area contributed by atoms with Crippen molar-refractivity contribution >= 4 is 22.4 Å². The molecule has 0 bridgehead atoms. The Morgan fingerprint density at radius 1 is 1.35 bits per heavy atom. The van der Waals surface area contributed by atoms with E-state index in [4.69, 9.17) is 4.74 Å². The molecule has 0 aliphatic carbocycles. The van der Waals surface area contributed by atoms with Crippen molar-refractivity contribution in [3.8, 4) is 5.75 Å². The number of benzene rings is 1. The van der Waals surface area contributed by atoms with Crippen LogP contribution in [-0.4, -0.2) is 16.1 Å². The average Bonchev–Trinajstić information content (AvgIpc) is 2.92. The van der Waals surface area contributed by atoms with E-state index in [1.54, 1.807) is 0 Å². The first-order chi connectivity index (χ1) is 9.69. The van der Waals surface area contributed by atoms with Crippen molar-refractivity contribution in [1.82, 2.24) is 10.2 Å². The quantitative estimate of drug-likeness (QED) is 0.888. The zero-order valence-electron chi connectivity index (χ0n) is 11.5. The second-order valence-electron chi connectivity index (χ2n) is 4.40. The van der Waals surface area contributed by atoms with E-state index in [1.807, 2.05) is 44.2 Å². The van der Waals surface area contributed by atoms with E-state index in [0.717, 1.165) is 17.2 Å². The minimum absolute atomic E-state index is 0.0251. The van der Waals surface area contributed by atoms with Crippen LogP contribution in [-0.2, 0) is 11.4 Å². The van der Waals surface area contributed by atoms with Gasteiger partial charge in [-0.2, -0.15) is 0 Å². The average molecular weight is 291 g/mol. The summed E-state index contributed by atoms with van der Waals surface area (Å²) in [5.41, 5.74) is 0. The Morgan fingerprint density at radius 2 is 2.10 bits per heavy atom. The lowest BCUT2D eigenvalue weighted by molar-refractivity contribution is -0.119. The smallest absolute Gasteiger partial charge is 0.229 e. The molecule has 106 valence electrons. The molecule has 5 nitrogen and oxygen atoms in total. The summed E-state index contributed by atoms with van der Waals surface area (Å²) in [6, 6.07) is 9.51. The Bertz CT molecular complexity index is 557. The topological polar surface area (TPSA) is 64.1 Å². The van der Waals surface area contributed by atoms with Gasteiger partial charge in [-0.1, -0.05) is 43.4 Å². The molecule has 1 atom stereocenters. The van der Waals surface area contributed by atoms with Gasteiger partial charge in [0.05, 0.1) is 0 Å². The van der Waals surface area contributed by atoms with Crippen LogP contribution in [0.5, 0.6) is 5.75 Å². The Hall–Kier alpha value is -1.95. The highest BCUT2D eigenvalue weighted by atomic mass is 32.1. The molecule has 1 amide bonds. The Kier molecular flexibility index (Phi) is 5.06. The molecule has 0 aliphatic rings. The third-order valence-corrected chi connectivity index (χ3v) is 3.67. The molecule has 0 saturated carbocycles. The van der Waals surface area contributed by atoms with E-state index >= 15 is 0 Å². The number of hydrogen-bond acceptors (Lipinski definition) is 5. The van der Waals surface area contributed by atoms with Gasteiger partial charge in [-0.3, -0.25) is 4.79 Å². The van der Waals surface area contributed by atoms with E-state index in [-0.39, 0.29) is 11.8 Å². The fourth-order valence-corrected chi connectivity index (χ4v) is 2.09. The van der Waals surface area contributed by atoms with Crippen LogP contribution >= 0.6 is 11.3 Å². The summed E-state index contributed by atoms with van der Waals surface area (Å²) in [7, 11) is 0. The number of amides is 1. The first-order valence-electron chi connectivity index (χ1n) is 6.50. The van der Waals surface area contributed by atoms with Gasteiger partial charge in [-0.15, -0.1) is 10.2 Å². The molecule has 2 aromatic rings. The van der Waals surface area contributed by atoms with Crippen LogP contribution in [0, 0.1) is 5.92 Å². The molecular formula is C14H17N3O2S. The largest absolute Gasteiger partial charge is 0.486 e. The lowest BCUT2D eigenvalue weighted by Gasteiger charge is -2.06. The second-order valence-corrected chi connectivity index (χ2v) is 5.46. The molecule has 0 saturated heterocycles. The number of aromatic nitrogens is 2. The zero-order valence-corrected chi connectivity index (χ0v) is 12.3. The zero-order chi connectivity index (χ0) is 14.4. The molecule has 6 heteroatoms. The molecule has 20 heavy (non-hydrogen) atoms. The molecule has 0 radical (unpaired) electrons. The van der Waals surface area contributed by atoms with Crippen molar-refractivity contribution < 1.29 is 9.53 Å². The Labute approximate surface area is 122 Å². The summed E-state index contributed by atoms with van der Waals surface area (Å²) in [6.07, 6.45) is 0.800. The standard InChI is InChI=1S/C14H17N3O2S/c1-3-10(2)13(18)15-14-17-16-12(20-14)9-19-11-7-5-4-6-8-11/h4-8,10H,3,9H2,1-2H3,(H,15,17,18)/t10-/m1/s1. The molecular weight excluding hydrogens is 274 g/mol. The van der Waals surface area contributed by atoms with Gasteiger partial charge in [-0.05, 0) is 18.6 Å². The van der Waals surface area contributed by atoms with E-state index in [0.29, 0.717) is 11.7 Å². The maximum absolute atomic E-state index is 11.7. The molecule has 0 spiro atoms. The summed E-state index contributed by atoms with van der Waals surface area (Å²) in [4.78, 5) is 11.7. The molecule has 1 aromatic carbocycles. The number of ether oxygens (including phenoxy) is 1. The van der Waals surface area contributed by atoms with Crippen LogP contribution in [0.3, 0.4) is 0 Å². The second kappa shape index (κ2) is 7.00. The molecule has 1 aromatic heterocycles. The fraction of sp³-hybridized carbons (Fsp3) is 0.357. The van der Waals surface area contributed by atoms with Gasteiger partial charge >= 0.3 is 0 Å². The van der Waals surface area contributed by atoms with Crippen LogP contribution < -0.4 is 10.1 Å². The summed E-state index contributed by atoms with van der Waals surface area (Å²) in [6.45, 7) is 4.21. The molecule has 1 heterocycles. The SMILES string of the molecule is CC[C@@H](C)C(=O)Nc1nnc(COc2ccccc2)s1. The maximum Gasteiger partial charge on any atom is 0.229 e. The predicted molar refractivity (Wildman–Crippen MR) is 78.8 cm³/mol. The van der Waals surface area contributed by atoms with Crippen LogP contribution in [0.15, 0.2) is 30.3 Å². The number of nitrogens with one attached hydrogen (secondary N) is 1. The van der Waals surface area contributed by atoms with Gasteiger partial charge in [-0.25, -0.2) is 0 Å². The third-order valence-electron chi connectivity index (χ3n) is 2.86. The fourth-order valence-electron chi connectivity index (χ4n) is 1.44. The molecule has 2 rings (SSSR count). The van der Waals surface area contributed by atoms with Crippen molar-refractivity contribution in [2.75, 3.05) is 5.32 Å². The Balaban J connectivity index is 1.88. The highest BCUT2D eigenvalue weighted by molar-refractivity contribution is 7.15. The Morgan fingerprint density at radius 3 is 2.80 bits per heavy atom. The lowest BCUT2D eigenvalue weighted by atomic mass is 10.1. The van der Waals surface area contributed by atoms with Crippen molar-refractivity contribution in [2.24, 2.45) is 5.92 Å². The number of anilines is 1. The molecule has 0 fully saturated rings. The van der Waals surface area contributed by atoms with Gasteiger partial charge < -0.3 is 10.1 Å². The summed E-state index contributed by atoms with van der Waals surface area (Å²) in [5, 5.41) is 11.9. The van der Waals surface area contributed by atoms with Gasteiger partial charge in [0.2, 0.25) is 11.0 Å².